The largest absolute Gasteiger partial charge is 0.497 e. The van der Waals surface area contributed by atoms with E-state index in [1.807, 2.05) is 43.6 Å². The molecule has 0 saturated carbocycles. The first-order valence-electron chi connectivity index (χ1n) is 8.00. The number of benzene rings is 2. The molecule has 0 aliphatic rings. The Hall–Kier alpha value is -2.43. The third-order valence-electron chi connectivity index (χ3n) is 4.34. The summed E-state index contributed by atoms with van der Waals surface area (Å²) in [6.45, 7) is 0.770. The van der Waals surface area contributed by atoms with Crippen LogP contribution in [-0.4, -0.2) is 35.8 Å². The summed E-state index contributed by atoms with van der Waals surface area (Å²) in [6, 6.07) is 18.0. The molecule has 0 fully saturated rings. The van der Waals surface area contributed by atoms with Crippen molar-refractivity contribution in [3.05, 3.63) is 71.9 Å². The average Bonchev–Trinajstić information content (AvgIpc) is 2.63. The Kier molecular flexibility index (Phi) is 5.08. The molecule has 2 aromatic carbocycles. The summed E-state index contributed by atoms with van der Waals surface area (Å²) in [5, 5.41) is 11.0. The SMILES string of the molecule is COc1ccc([C@@H](CO)N(C)Cc2cccc3cccnc23)cc1. The van der Waals surface area contributed by atoms with Gasteiger partial charge in [-0.2, -0.15) is 0 Å². The van der Waals surface area contributed by atoms with Gasteiger partial charge in [-0.1, -0.05) is 36.4 Å². The number of hydrogen-bond acceptors (Lipinski definition) is 4. The summed E-state index contributed by atoms with van der Waals surface area (Å²) in [4.78, 5) is 6.65. The van der Waals surface area contributed by atoms with Crippen molar-refractivity contribution in [3.63, 3.8) is 0 Å². The van der Waals surface area contributed by atoms with Crippen LogP contribution in [0.3, 0.4) is 0 Å². The monoisotopic (exact) mass is 322 g/mol. The number of aliphatic hydroxyl groups excluding tert-OH is 1. The van der Waals surface area contributed by atoms with Crippen LogP contribution in [-0.2, 0) is 6.54 Å². The van der Waals surface area contributed by atoms with Crippen LogP contribution in [0.25, 0.3) is 10.9 Å². The van der Waals surface area contributed by atoms with Gasteiger partial charge in [0, 0.05) is 18.1 Å². The van der Waals surface area contributed by atoms with Crippen LogP contribution in [0.5, 0.6) is 5.75 Å². The van der Waals surface area contributed by atoms with Gasteiger partial charge in [-0.3, -0.25) is 9.88 Å². The molecule has 0 bridgehead atoms. The van der Waals surface area contributed by atoms with Gasteiger partial charge in [0.05, 0.1) is 25.3 Å². The van der Waals surface area contributed by atoms with Crippen molar-refractivity contribution in [2.24, 2.45) is 0 Å². The maximum atomic E-state index is 9.88. The molecule has 4 nitrogen and oxygen atoms in total. The van der Waals surface area contributed by atoms with Crippen molar-refractivity contribution in [2.45, 2.75) is 12.6 Å². The van der Waals surface area contributed by atoms with Gasteiger partial charge in [-0.25, -0.2) is 0 Å². The van der Waals surface area contributed by atoms with Crippen LogP contribution in [0.2, 0.25) is 0 Å². The molecule has 1 N–H and O–H groups in total. The lowest BCUT2D eigenvalue weighted by Crippen LogP contribution is -2.27. The highest BCUT2D eigenvalue weighted by Gasteiger charge is 2.17. The molecule has 0 unspecified atom stereocenters. The molecule has 0 saturated heterocycles. The van der Waals surface area contributed by atoms with E-state index in [-0.39, 0.29) is 12.6 Å². The van der Waals surface area contributed by atoms with E-state index < -0.39 is 0 Å². The fraction of sp³-hybridized carbons (Fsp3) is 0.250. The zero-order valence-electron chi connectivity index (χ0n) is 14.0. The molecule has 1 atom stereocenters. The second-order valence-corrected chi connectivity index (χ2v) is 5.88. The van der Waals surface area contributed by atoms with E-state index in [2.05, 4.69) is 34.1 Å². The maximum absolute atomic E-state index is 9.88. The Morgan fingerprint density at radius 3 is 2.54 bits per heavy atom. The molecule has 0 aliphatic heterocycles. The van der Waals surface area contributed by atoms with Crippen molar-refractivity contribution in [2.75, 3.05) is 20.8 Å². The summed E-state index contributed by atoms with van der Waals surface area (Å²) >= 11 is 0. The molecule has 24 heavy (non-hydrogen) atoms. The minimum absolute atomic E-state index is 0.0566. The number of likely N-dealkylation sites (N-methyl/N-ethyl adjacent to an activating group) is 1. The number of para-hydroxylation sites is 1. The van der Waals surface area contributed by atoms with Crippen LogP contribution in [0, 0.1) is 0 Å². The number of hydrogen-bond donors (Lipinski definition) is 1. The minimum Gasteiger partial charge on any atom is -0.497 e. The number of methoxy groups -OCH3 is 1. The molecule has 0 spiro atoms. The molecule has 3 aromatic rings. The van der Waals surface area contributed by atoms with Crippen LogP contribution in [0.4, 0.5) is 0 Å². The van der Waals surface area contributed by atoms with E-state index >= 15 is 0 Å². The predicted octanol–water partition coefficient (Wildman–Crippen LogP) is 3.41. The normalized spacial score (nSPS) is 12.5. The van der Waals surface area contributed by atoms with Crippen LogP contribution < -0.4 is 4.74 Å². The molecule has 0 amide bonds. The number of aromatic nitrogens is 1. The standard InChI is InChI=1S/C20H22N2O2/c1-22(19(14-23)15-8-10-18(24-2)11-9-15)13-17-6-3-5-16-7-4-12-21-20(16)17/h3-12,19,23H,13-14H2,1-2H3/t19-/m1/s1. The van der Waals surface area contributed by atoms with Gasteiger partial charge in [-0.15, -0.1) is 0 Å². The Bertz CT molecular complexity index is 797. The molecule has 1 aromatic heterocycles. The summed E-state index contributed by atoms with van der Waals surface area (Å²) < 4.78 is 5.20. The van der Waals surface area contributed by atoms with Gasteiger partial charge in [0.2, 0.25) is 0 Å². The third kappa shape index (κ3) is 3.40. The lowest BCUT2D eigenvalue weighted by atomic mass is 10.0. The van der Waals surface area contributed by atoms with E-state index in [4.69, 9.17) is 4.74 Å². The average molecular weight is 322 g/mol. The Morgan fingerprint density at radius 1 is 1.08 bits per heavy atom. The van der Waals surface area contributed by atoms with Gasteiger partial charge in [-0.05, 0) is 36.4 Å². The molecule has 4 heteroatoms. The Morgan fingerprint density at radius 2 is 1.83 bits per heavy atom. The van der Waals surface area contributed by atoms with E-state index in [1.165, 1.54) is 0 Å². The summed E-state index contributed by atoms with van der Waals surface area (Å²) in [5.74, 6) is 0.816. The summed E-state index contributed by atoms with van der Waals surface area (Å²) in [5.41, 5.74) is 3.23. The molecular formula is C20H22N2O2. The summed E-state index contributed by atoms with van der Waals surface area (Å²) in [7, 11) is 3.67. The lowest BCUT2D eigenvalue weighted by molar-refractivity contribution is 0.143. The highest BCUT2D eigenvalue weighted by molar-refractivity contribution is 5.81. The number of rotatable bonds is 6. The van der Waals surface area contributed by atoms with Crippen molar-refractivity contribution in [3.8, 4) is 5.75 Å². The number of pyridine rings is 1. The smallest absolute Gasteiger partial charge is 0.118 e. The lowest BCUT2D eigenvalue weighted by Gasteiger charge is -2.27. The van der Waals surface area contributed by atoms with Crippen LogP contribution in [0.1, 0.15) is 17.2 Å². The predicted molar refractivity (Wildman–Crippen MR) is 96.0 cm³/mol. The number of fused-ring (bicyclic) bond motifs is 1. The number of aliphatic hydroxyl groups is 1. The van der Waals surface area contributed by atoms with E-state index in [1.54, 1.807) is 7.11 Å². The van der Waals surface area contributed by atoms with E-state index in [9.17, 15) is 5.11 Å². The van der Waals surface area contributed by atoms with Crippen LogP contribution in [0.15, 0.2) is 60.8 Å². The Balaban J connectivity index is 1.84. The van der Waals surface area contributed by atoms with Crippen molar-refractivity contribution >= 4 is 10.9 Å². The van der Waals surface area contributed by atoms with Crippen molar-refractivity contribution in [1.82, 2.24) is 9.88 Å². The van der Waals surface area contributed by atoms with Crippen molar-refractivity contribution in [1.29, 1.82) is 0 Å². The zero-order valence-corrected chi connectivity index (χ0v) is 14.0. The molecular weight excluding hydrogens is 300 g/mol. The molecule has 3 rings (SSSR count). The van der Waals surface area contributed by atoms with Gasteiger partial charge in [0.15, 0.2) is 0 Å². The first-order chi connectivity index (χ1) is 11.7. The third-order valence-corrected chi connectivity index (χ3v) is 4.34. The van der Waals surface area contributed by atoms with Gasteiger partial charge < -0.3 is 9.84 Å². The highest BCUT2D eigenvalue weighted by atomic mass is 16.5. The minimum atomic E-state index is -0.0742. The van der Waals surface area contributed by atoms with E-state index in [0.29, 0.717) is 6.54 Å². The fourth-order valence-electron chi connectivity index (χ4n) is 3.00. The zero-order chi connectivity index (χ0) is 16.9. The van der Waals surface area contributed by atoms with Gasteiger partial charge in [0.25, 0.3) is 0 Å². The van der Waals surface area contributed by atoms with E-state index in [0.717, 1.165) is 27.8 Å². The van der Waals surface area contributed by atoms with Crippen LogP contribution >= 0.6 is 0 Å². The molecule has 0 aliphatic carbocycles. The first kappa shape index (κ1) is 16.4. The quantitative estimate of drug-likeness (QED) is 0.755. The Labute approximate surface area is 142 Å². The fourth-order valence-corrected chi connectivity index (χ4v) is 3.00. The number of ether oxygens (including phenoxy) is 1. The molecule has 124 valence electrons. The van der Waals surface area contributed by atoms with Crippen molar-refractivity contribution < 1.29 is 9.84 Å². The molecule has 0 radical (unpaired) electrons. The second-order valence-electron chi connectivity index (χ2n) is 5.88. The highest BCUT2D eigenvalue weighted by Crippen LogP contribution is 2.25. The maximum Gasteiger partial charge on any atom is 0.118 e. The second kappa shape index (κ2) is 7.43. The summed E-state index contributed by atoms with van der Waals surface area (Å²) in [6.07, 6.45) is 1.82. The number of nitrogens with zero attached hydrogens (tertiary/aromatic N) is 2. The molecule has 1 heterocycles. The first-order valence-corrected chi connectivity index (χ1v) is 8.00. The topological polar surface area (TPSA) is 45.6 Å². The van der Waals surface area contributed by atoms with Gasteiger partial charge in [0.1, 0.15) is 5.75 Å². The van der Waals surface area contributed by atoms with Gasteiger partial charge >= 0.3 is 0 Å².